The molecule has 1 aliphatic rings. The van der Waals surface area contributed by atoms with E-state index in [1.165, 1.54) is 40.8 Å². The summed E-state index contributed by atoms with van der Waals surface area (Å²) in [7, 11) is 1.52. The van der Waals surface area contributed by atoms with Crippen LogP contribution in [0.3, 0.4) is 0 Å². The lowest BCUT2D eigenvalue weighted by molar-refractivity contribution is -0.140. The Morgan fingerprint density at radius 1 is 1.15 bits per heavy atom. The molecular formula is C28H25F4N7O2. The first-order chi connectivity index (χ1) is 19.6. The number of aromatic nitrogens is 7. The molecule has 0 aliphatic heterocycles. The quantitative estimate of drug-likeness (QED) is 0.242. The van der Waals surface area contributed by atoms with Gasteiger partial charge in [-0.15, -0.1) is 0 Å². The molecule has 0 saturated heterocycles. The first-order valence-corrected chi connectivity index (χ1v) is 13.0. The zero-order chi connectivity index (χ0) is 29.1. The van der Waals surface area contributed by atoms with E-state index in [0.717, 1.165) is 24.7 Å². The number of alkyl halides is 3. The number of imidazole rings is 1. The van der Waals surface area contributed by atoms with Crippen LogP contribution in [0.2, 0.25) is 0 Å². The fraction of sp³-hybridized carbons (Fsp3) is 0.321. The van der Waals surface area contributed by atoms with E-state index < -0.39 is 23.7 Å². The molecule has 0 unspecified atom stereocenters. The van der Waals surface area contributed by atoms with E-state index >= 15 is 4.39 Å². The van der Waals surface area contributed by atoms with Crippen molar-refractivity contribution in [1.29, 1.82) is 0 Å². The van der Waals surface area contributed by atoms with E-state index in [-0.39, 0.29) is 29.4 Å². The first-order valence-electron chi connectivity index (χ1n) is 13.0. The lowest BCUT2D eigenvalue weighted by Crippen LogP contribution is -2.25. The van der Waals surface area contributed by atoms with E-state index in [1.807, 2.05) is 0 Å². The van der Waals surface area contributed by atoms with Crippen molar-refractivity contribution >= 4 is 5.65 Å². The molecule has 6 rings (SSSR count). The molecule has 1 aromatic carbocycles. The number of halogens is 4. The van der Waals surface area contributed by atoms with E-state index in [9.17, 15) is 18.0 Å². The van der Waals surface area contributed by atoms with Gasteiger partial charge in [-0.3, -0.25) is 9.36 Å². The minimum atomic E-state index is -4.65. The van der Waals surface area contributed by atoms with Gasteiger partial charge in [0.15, 0.2) is 5.69 Å². The molecule has 1 fully saturated rings. The number of aryl methyl sites for hydroxylation is 1. The van der Waals surface area contributed by atoms with Crippen molar-refractivity contribution in [2.75, 3.05) is 7.11 Å². The van der Waals surface area contributed by atoms with Gasteiger partial charge in [0.1, 0.15) is 29.3 Å². The molecule has 5 aromatic rings. The maximum absolute atomic E-state index is 15.4. The van der Waals surface area contributed by atoms with E-state index in [2.05, 4.69) is 20.1 Å². The smallest absolute Gasteiger partial charge is 0.434 e. The molecule has 0 spiro atoms. The second kappa shape index (κ2) is 9.82. The monoisotopic (exact) mass is 567 g/mol. The van der Waals surface area contributed by atoms with Crippen LogP contribution in [0.5, 0.6) is 5.88 Å². The Balaban J connectivity index is 1.42. The molecule has 4 aromatic heterocycles. The predicted octanol–water partition coefficient (Wildman–Crippen LogP) is 5.49. The van der Waals surface area contributed by atoms with Crippen molar-refractivity contribution in [3.8, 4) is 28.5 Å². The zero-order valence-corrected chi connectivity index (χ0v) is 22.4. The van der Waals surface area contributed by atoms with Gasteiger partial charge < -0.3 is 9.30 Å². The minimum absolute atomic E-state index is 0.0701. The average Bonchev–Trinajstić information content (AvgIpc) is 3.55. The highest BCUT2D eigenvalue weighted by Crippen LogP contribution is 2.45. The molecule has 1 atom stereocenters. The Morgan fingerprint density at radius 2 is 1.93 bits per heavy atom. The highest BCUT2D eigenvalue weighted by Gasteiger charge is 2.35. The Morgan fingerprint density at radius 3 is 2.59 bits per heavy atom. The summed E-state index contributed by atoms with van der Waals surface area (Å²) in [5.41, 5.74) is 1.42. The third-order valence-electron chi connectivity index (χ3n) is 7.33. The maximum atomic E-state index is 15.4. The van der Waals surface area contributed by atoms with E-state index in [4.69, 9.17) is 4.74 Å². The lowest BCUT2D eigenvalue weighted by atomic mass is 10.0. The Bertz CT molecular complexity index is 1840. The molecular weight excluding hydrogens is 542 g/mol. The van der Waals surface area contributed by atoms with Crippen LogP contribution in [-0.2, 0) is 12.7 Å². The van der Waals surface area contributed by atoms with Crippen molar-refractivity contribution in [1.82, 2.24) is 33.7 Å². The number of benzene rings is 1. The van der Waals surface area contributed by atoms with Gasteiger partial charge in [0.25, 0.3) is 5.56 Å². The molecule has 41 heavy (non-hydrogen) atoms. The maximum Gasteiger partial charge on any atom is 0.434 e. The van der Waals surface area contributed by atoms with Gasteiger partial charge in [0.2, 0.25) is 5.88 Å². The summed E-state index contributed by atoms with van der Waals surface area (Å²) in [4.78, 5) is 25.5. The van der Waals surface area contributed by atoms with Gasteiger partial charge in [-0.05, 0) is 44.4 Å². The normalized spacial score (nSPS) is 14.5. The van der Waals surface area contributed by atoms with Crippen LogP contribution in [-0.4, -0.2) is 40.8 Å². The molecule has 212 valence electrons. The lowest BCUT2D eigenvalue weighted by Gasteiger charge is -2.17. The van der Waals surface area contributed by atoms with Crippen LogP contribution in [0.25, 0.3) is 28.3 Å². The summed E-state index contributed by atoms with van der Waals surface area (Å²) in [5, 5.41) is 4.67. The number of nitrogens with zero attached hydrogens (tertiary/aromatic N) is 7. The molecule has 4 heterocycles. The standard InChI is InChI=1S/C28H25F4N7O2/c1-4-37-13-21(28(30,31)32)35-26(37)18-8-7-17(11-19(18)29)15(2)39-22-12-20(36-38(22)10-9-23(39)40)24-25(16-5-6-16)33-14-34-27(24)41-3/h7-16H,4-6H2,1-3H3/t15-/m0/s1. The van der Waals surface area contributed by atoms with Gasteiger partial charge >= 0.3 is 6.18 Å². The third kappa shape index (κ3) is 4.64. The summed E-state index contributed by atoms with van der Waals surface area (Å²) in [6, 6.07) is 6.64. The van der Waals surface area contributed by atoms with Gasteiger partial charge in [-0.2, -0.15) is 18.3 Å². The fourth-order valence-electron chi connectivity index (χ4n) is 5.09. The van der Waals surface area contributed by atoms with Crippen molar-refractivity contribution in [2.45, 2.75) is 51.4 Å². The number of hydrogen-bond donors (Lipinski definition) is 0. The second-order valence-corrected chi connectivity index (χ2v) is 9.92. The summed E-state index contributed by atoms with van der Waals surface area (Å²) < 4.78 is 65.0. The Kier molecular flexibility index (Phi) is 6.39. The molecule has 9 nitrogen and oxygen atoms in total. The first kappa shape index (κ1) is 26.7. The molecule has 0 amide bonds. The average molecular weight is 568 g/mol. The van der Waals surface area contributed by atoms with Crippen LogP contribution < -0.4 is 10.3 Å². The number of hydrogen-bond acceptors (Lipinski definition) is 6. The van der Waals surface area contributed by atoms with Crippen molar-refractivity contribution in [2.24, 2.45) is 0 Å². The SMILES string of the molecule is CCn1cc(C(F)(F)F)nc1-c1ccc([C@H](C)n2c(=O)ccn3nc(-c4c(OC)ncnc4C4CC4)cc23)cc1F. The second-order valence-electron chi connectivity index (χ2n) is 9.92. The summed E-state index contributed by atoms with van der Waals surface area (Å²) >= 11 is 0. The van der Waals surface area contributed by atoms with Gasteiger partial charge in [0, 0.05) is 37.0 Å². The molecule has 0 bridgehead atoms. The van der Waals surface area contributed by atoms with Crippen LogP contribution in [0.1, 0.15) is 55.6 Å². The van der Waals surface area contributed by atoms with Crippen LogP contribution in [0.15, 0.2) is 53.8 Å². The summed E-state index contributed by atoms with van der Waals surface area (Å²) in [6.45, 7) is 3.56. The number of methoxy groups -OCH3 is 1. The van der Waals surface area contributed by atoms with E-state index in [1.54, 1.807) is 36.7 Å². The van der Waals surface area contributed by atoms with Crippen LogP contribution in [0, 0.1) is 5.82 Å². The fourth-order valence-corrected chi connectivity index (χ4v) is 5.09. The molecule has 1 saturated carbocycles. The van der Waals surface area contributed by atoms with E-state index in [0.29, 0.717) is 28.3 Å². The highest BCUT2D eigenvalue weighted by molar-refractivity contribution is 5.72. The van der Waals surface area contributed by atoms with Gasteiger partial charge in [0.05, 0.1) is 30.0 Å². The molecule has 0 N–H and O–H groups in total. The minimum Gasteiger partial charge on any atom is -0.480 e. The molecule has 1 aliphatic carbocycles. The number of ether oxygens (including phenoxy) is 1. The highest BCUT2D eigenvalue weighted by atomic mass is 19.4. The predicted molar refractivity (Wildman–Crippen MR) is 141 cm³/mol. The number of fused-ring (bicyclic) bond motifs is 1. The number of rotatable bonds is 7. The van der Waals surface area contributed by atoms with Crippen molar-refractivity contribution < 1.29 is 22.3 Å². The Labute approximate surface area is 231 Å². The molecule has 0 radical (unpaired) electrons. The third-order valence-corrected chi connectivity index (χ3v) is 7.33. The summed E-state index contributed by atoms with van der Waals surface area (Å²) in [6.07, 6.45) is 1.21. The van der Waals surface area contributed by atoms with Crippen LogP contribution >= 0.6 is 0 Å². The topological polar surface area (TPSA) is 92.1 Å². The van der Waals surface area contributed by atoms with Crippen LogP contribution in [0.4, 0.5) is 17.6 Å². The van der Waals surface area contributed by atoms with Crippen molar-refractivity contribution in [3.63, 3.8) is 0 Å². The van der Waals surface area contributed by atoms with Gasteiger partial charge in [-0.25, -0.2) is 23.9 Å². The zero-order valence-electron chi connectivity index (χ0n) is 22.4. The molecule has 13 heteroatoms. The summed E-state index contributed by atoms with van der Waals surface area (Å²) in [5.74, 6) is -0.214. The van der Waals surface area contributed by atoms with Crippen molar-refractivity contribution in [3.05, 3.63) is 82.2 Å². The largest absolute Gasteiger partial charge is 0.480 e. The van der Waals surface area contributed by atoms with Gasteiger partial charge in [-0.1, -0.05) is 6.07 Å². The Hall–Kier alpha value is -4.55.